The SMILES string of the molecule is CC1CC(N)CN(C(=O)CCOc2ccccc2)C1. The van der Waals surface area contributed by atoms with E-state index in [0.29, 0.717) is 25.5 Å². The van der Waals surface area contributed by atoms with Crippen molar-refractivity contribution in [2.45, 2.75) is 25.8 Å². The maximum absolute atomic E-state index is 12.1. The third kappa shape index (κ3) is 4.24. The monoisotopic (exact) mass is 262 g/mol. The van der Waals surface area contributed by atoms with Gasteiger partial charge in [0.05, 0.1) is 13.0 Å². The summed E-state index contributed by atoms with van der Waals surface area (Å²) in [5.41, 5.74) is 5.95. The summed E-state index contributed by atoms with van der Waals surface area (Å²) in [7, 11) is 0. The fraction of sp³-hybridized carbons (Fsp3) is 0.533. The van der Waals surface area contributed by atoms with Gasteiger partial charge >= 0.3 is 0 Å². The van der Waals surface area contributed by atoms with E-state index in [2.05, 4.69) is 6.92 Å². The second-order valence-corrected chi connectivity index (χ2v) is 5.31. The van der Waals surface area contributed by atoms with Crippen molar-refractivity contribution in [1.29, 1.82) is 0 Å². The predicted molar refractivity (Wildman–Crippen MR) is 74.9 cm³/mol. The van der Waals surface area contributed by atoms with Crippen LogP contribution in [0.4, 0.5) is 0 Å². The van der Waals surface area contributed by atoms with Crippen molar-refractivity contribution >= 4 is 5.91 Å². The van der Waals surface area contributed by atoms with Gasteiger partial charge in [0.15, 0.2) is 0 Å². The van der Waals surface area contributed by atoms with E-state index in [-0.39, 0.29) is 11.9 Å². The highest BCUT2D eigenvalue weighted by Gasteiger charge is 2.25. The number of nitrogens with two attached hydrogens (primary N) is 1. The Hall–Kier alpha value is -1.55. The first-order valence-electron chi connectivity index (χ1n) is 6.86. The van der Waals surface area contributed by atoms with Crippen molar-refractivity contribution in [1.82, 2.24) is 4.90 Å². The summed E-state index contributed by atoms with van der Waals surface area (Å²) in [6, 6.07) is 9.68. The number of hydrogen-bond acceptors (Lipinski definition) is 3. The Bertz CT molecular complexity index is 398. The first-order chi connectivity index (χ1) is 9.15. The molecule has 2 atom stereocenters. The van der Waals surface area contributed by atoms with Crippen LogP contribution in [0.2, 0.25) is 0 Å². The highest BCUT2D eigenvalue weighted by atomic mass is 16.5. The highest BCUT2D eigenvalue weighted by Crippen LogP contribution is 2.16. The molecule has 1 saturated heterocycles. The first-order valence-corrected chi connectivity index (χ1v) is 6.86. The van der Waals surface area contributed by atoms with Gasteiger partial charge in [-0.25, -0.2) is 0 Å². The van der Waals surface area contributed by atoms with E-state index < -0.39 is 0 Å². The van der Waals surface area contributed by atoms with Gasteiger partial charge in [0.25, 0.3) is 0 Å². The summed E-state index contributed by atoms with van der Waals surface area (Å²) in [6.45, 7) is 4.05. The number of benzene rings is 1. The van der Waals surface area contributed by atoms with Gasteiger partial charge in [-0.05, 0) is 24.5 Å². The quantitative estimate of drug-likeness (QED) is 0.897. The molecule has 0 aromatic heterocycles. The Kier molecular flexibility index (Phi) is 4.80. The van der Waals surface area contributed by atoms with Gasteiger partial charge in [-0.3, -0.25) is 4.79 Å². The summed E-state index contributed by atoms with van der Waals surface area (Å²) in [4.78, 5) is 13.9. The van der Waals surface area contributed by atoms with Crippen molar-refractivity contribution in [2.75, 3.05) is 19.7 Å². The van der Waals surface area contributed by atoms with Crippen LogP contribution in [-0.2, 0) is 4.79 Å². The maximum atomic E-state index is 12.1. The standard InChI is InChI=1S/C15H22N2O2/c1-12-9-13(16)11-17(10-12)15(18)7-8-19-14-5-3-2-4-6-14/h2-6,12-13H,7-11,16H2,1H3. The van der Waals surface area contributed by atoms with E-state index in [1.807, 2.05) is 35.2 Å². The molecule has 1 aliphatic rings. The molecule has 0 saturated carbocycles. The molecule has 104 valence electrons. The average molecular weight is 262 g/mol. The van der Waals surface area contributed by atoms with E-state index in [1.165, 1.54) is 0 Å². The number of hydrogen-bond donors (Lipinski definition) is 1. The average Bonchev–Trinajstić information content (AvgIpc) is 2.38. The van der Waals surface area contributed by atoms with Crippen molar-refractivity contribution < 1.29 is 9.53 Å². The van der Waals surface area contributed by atoms with Crippen molar-refractivity contribution in [3.05, 3.63) is 30.3 Å². The summed E-state index contributed by atoms with van der Waals surface area (Å²) in [5.74, 6) is 1.43. The molecule has 2 N–H and O–H groups in total. The van der Waals surface area contributed by atoms with Crippen molar-refractivity contribution in [3.63, 3.8) is 0 Å². The molecule has 1 aromatic rings. The zero-order chi connectivity index (χ0) is 13.7. The number of nitrogens with zero attached hydrogens (tertiary/aromatic N) is 1. The second-order valence-electron chi connectivity index (χ2n) is 5.31. The molecule has 0 spiro atoms. The van der Waals surface area contributed by atoms with Gasteiger partial charge in [-0.2, -0.15) is 0 Å². The molecule has 0 radical (unpaired) electrons. The summed E-state index contributed by atoms with van der Waals surface area (Å²) >= 11 is 0. The second kappa shape index (κ2) is 6.57. The third-order valence-corrected chi connectivity index (χ3v) is 3.37. The Morgan fingerprint density at radius 2 is 2.11 bits per heavy atom. The lowest BCUT2D eigenvalue weighted by molar-refractivity contribution is -0.133. The minimum atomic E-state index is 0.114. The summed E-state index contributed by atoms with van der Waals surface area (Å²) < 4.78 is 5.54. The van der Waals surface area contributed by atoms with Crippen LogP contribution < -0.4 is 10.5 Å². The van der Waals surface area contributed by atoms with E-state index >= 15 is 0 Å². The van der Waals surface area contributed by atoms with Gasteiger partial charge in [0.2, 0.25) is 5.91 Å². The van der Waals surface area contributed by atoms with E-state index in [4.69, 9.17) is 10.5 Å². The molecule has 4 heteroatoms. The largest absolute Gasteiger partial charge is 0.493 e. The molecule has 1 amide bonds. The molecule has 1 aliphatic heterocycles. The molecule has 1 fully saturated rings. The lowest BCUT2D eigenvalue weighted by atomic mass is 9.96. The Balaban J connectivity index is 1.75. The number of para-hydroxylation sites is 1. The minimum absolute atomic E-state index is 0.114. The molecule has 0 aliphatic carbocycles. The van der Waals surface area contributed by atoms with Crippen LogP contribution in [-0.4, -0.2) is 36.5 Å². The maximum Gasteiger partial charge on any atom is 0.226 e. The van der Waals surface area contributed by atoms with Crippen LogP contribution in [0.15, 0.2) is 30.3 Å². The predicted octanol–water partition coefficient (Wildman–Crippen LogP) is 1.65. The lowest BCUT2D eigenvalue weighted by Gasteiger charge is -2.34. The van der Waals surface area contributed by atoms with E-state index in [1.54, 1.807) is 0 Å². The lowest BCUT2D eigenvalue weighted by Crippen LogP contribution is -2.49. The molecular formula is C15H22N2O2. The third-order valence-electron chi connectivity index (χ3n) is 3.37. The van der Waals surface area contributed by atoms with Crippen molar-refractivity contribution in [3.8, 4) is 5.75 Å². The molecular weight excluding hydrogens is 240 g/mol. The van der Waals surface area contributed by atoms with Gasteiger partial charge in [0.1, 0.15) is 5.75 Å². The number of rotatable bonds is 4. The normalized spacial score (nSPS) is 23.2. The minimum Gasteiger partial charge on any atom is -0.493 e. The molecule has 2 unspecified atom stereocenters. The van der Waals surface area contributed by atoms with Gasteiger partial charge in [0, 0.05) is 19.1 Å². The number of carbonyl (C=O) groups is 1. The van der Waals surface area contributed by atoms with Crippen LogP contribution in [0.5, 0.6) is 5.75 Å². The first kappa shape index (κ1) is 13.9. The van der Waals surface area contributed by atoms with Crippen molar-refractivity contribution in [2.24, 2.45) is 11.7 Å². The number of likely N-dealkylation sites (tertiary alicyclic amines) is 1. The zero-order valence-corrected chi connectivity index (χ0v) is 11.4. The topological polar surface area (TPSA) is 55.6 Å². The smallest absolute Gasteiger partial charge is 0.226 e. The number of piperidine rings is 1. The molecule has 1 aromatic carbocycles. The summed E-state index contributed by atoms with van der Waals surface area (Å²) in [6.07, 6.45) is 1.42. The van der Waals surface area contributed by atoms with Crippen LogP contribution >= 0.6 is 0 Å². The Morgan fingerprint density at radius 3 is 2.79 bits per heavy atom. The molecule has 0 bridgehead atoms. The van der Waals surface area contributed by atoms with Gasteiger partial charge in [-0.1, -0.05) is 25.1 Å². The molecule has 1 heterocycles. The van der Waals surface area contributed by atoms with Crippen LogP contribution in [0.3, 0.4) is 0 Å². The van der Waals surface area contributed by atoms with Crippen LogP contribution in [0.25, 0.3) is 0 Å². The van der Waals surface area contributed by atoms with E-state index in [9.17, 15) is 4.79 Å². The van der Waals surface area contributed by atoms with Gasteiger partial charge in [-0.15, -0.1) is 0 Å². The van der Waals surface area contributed by atoms with E-state index in [0.717, 1.165) is 18.7 Å². The summed E-state index contributed by atoms with van der Waals surface area (Å²) in [5, 5.41) is 0. The molecule has 4 nitrogen and oxygen atoms in total. The van der Waals surface area contributed by atoms with Crippen LogP contribution in [0.1, 0.15) is 19.8 Å². The number of carbonyl (C=O) groups excluding carboxylic acids is 1. The fourth-order valence-electron chi connectivity index (χ4n) is 2.53. The fourth-order valence-corrected chi connectivity index (χ4v) is 2.53. The Labute approximate surface area is 114 Å². The van der Waals surface area contributed by atoms with Crippen LogP contribution in [0, 0.1) is 5.92 Å². The number of ether oxygens (including phenoxy) is 1. The van der Waals surface area contributed by atoms with Gasteiger partial charge < -0.3 is 15.4 Å². The Morgan fingerprint density at radius 1 is 1.37 bits per heavy atom. The highest BCUT2D eigenvalue weighted by molar-refractivity contribution is 5.76. The molecule has 2 rings (SSSR count). The number of amides is 1. The molecule has 19 heavy (non-hydrogen) atoms. The zero-order valence-electron chi connectivity index (χ0n) is 11.4.